The first-order chi connectivity index (χ1) is 11.8. The van der Waals surface area contributed by atoms with Crippen molar-refractivity contribution in [1.29, 1.82) is 0 Å². The Balaban J connectivity index is 2.05. The maximum absolute atomic E-state index is 12.4. The maximum Gasteiger partial charge on any atom is 0.338 e. The Labute approximate surface area is 149 Å². The largest absolute Gasteiger partial charge is 0.451 e. The van der Waals surface area contributed by atoms with Crippen molar-refractivity contribution < 1.29 is 19.1 Å². The summed E-state index contributed by atoms with van der Waals surface area (Å²) in [6.45, 7) is 2.88. The number of benzene rings is 2. The van der Waals surface area contributed by atoms with E-state index in [9.17, 15) is 14.4 Å². The fourth-order valence-electron chi connectivity index (χ4n) is 2.11. The Bertz CT molecular complexity index is 818. The van der Waals surface area contributed by atoms with Gasteiger partial charge in [0.05, 0.1) is 16.3 Å². The second-order valence-corrected chi connectivity index (χ2v) is 5.81. The summed E-state index contributed by atoms with van der Waals surface area (Å²) in [6, 6.07) is 10.7. The highest BCUT2D eigenvalue weighted by Crippen LogP contribution is 2.20. The van der Waals surface area contributed by atoms with Crippen LogP contribution in [0, 0.1) is 0 Å². The highest BCUT2D eigenvalue weighted by molar-refractivity contribution is 6.33. The Morgan fingerprint density at radius 2 is 1.68 bits per heavy atom. The predicted molar refractivity (Wildman–Crippen MR) is 95.8 cm³/mol. The van der Waals surface area contributed by atoms with Crippen molar-refractivity contribution >= 4 is 40.6 Å². The molecule has 0 aliphatic carbocycles. The van der Waals surface area contributed by atoms with Gasteiger partial charge >= 0.3 is 5.97 Å². The summed E-state index contributed by atoms with van der Waals surface area (Å²) >= 11 is 5.81. The Morgan fingerprint density at radius 1 is 1.08 bits per heavy atom. The molecule has 0 aliphatic rings. The Morgan fingerprint density at radius 3 is 2.24 bits per heavy atom. The number of hydrogen-bond acceptors (Lipinski definition) is 5. The number of ketones is 1. The average molecular weight is 361 g/mol. The van der Waals surface area contributed by atoms with Gasteiger partial charge in [0.2, 0.25) is 11.7 Å². The molecule has 130 valence electrons. The molecule has 2 aromatic carbocycles. The molecular formula is C18H17ClN2O4. The number of anilines is 2. The lowest BCUT2D eigenvalue weighted by atomic mass is 10.1. The summed E-state index contributed by atoms with van der Waals surface area (Å²) in [7, 11) is 0. The molecule has 0 fully saturated rings. The summed E-state index contributed by atoms with van der Waals surface area (Å²) in [6.07, 6.45) is -0.976. The molecule has 7 heteroatoms. The molecule has 6 nitrogen and oxygen atoms in total. The molecule has 0 unspecified atom stereocenters. The van der Waals surface area contributed by atoms with Crippen molar-refractivity contribution in [2.24, 2.45) is 0 Å². The first-order valence-electron chi connectivity index (χ1n) is 7.46. The number of carbonyl (C=O) groups excluding carboxylic acids is 3. The number of Topliss-reactive ketones (excluding diaryl/α,β-unsaturated/α-hetero) is 1. The molecule has 0 saturated heterocycles. The third-order valence-electron chi connectivity index (χ3n) is 3.37. The van der Waals surface area contributed by atoms with E-state index < -0.39 is 12.1 Å². The number of rotatable bonds is 5. The predicted octanol–water partition coefficient (Wildman–Crippen LogP) is 3.31. The third kappa shape index (κ3) is 4.81. The molecule has 0 aliphatic heterocycles. The fraction of sp³-hybridized carbons (Fsp3) is 0.167. The zero-order valence-corrected chi connectivity index (χ0v) is 14.5. The van der Waals surface area contributed by atoms with Crippen molar-refractivity contribution in [3.63, 3.8) is 0 Å². The number of hydrogen-bond donors (Lipinski definition) is 2. The first kappa shape index (κ1) is 18.5. The SMILES string of the molecule is CC(=O)Nc1ccc(C(=O)[C@H](C)OC(=O)c2ccc(Cl)c(N)c2)cc1. The van der Waals surface area contributed by atoms with Gasteiger partial charge < -0.3 is 15.8 Å². The van der Waals surface area contributed by atoms with Crippen LogP contribution in [0.2, 0.25) is 5.02 Å². The van der Waals surface area contributed by atoms with E-state index in [1.54, 1.807) is 24.3 Å². The number of halogens is 1. The molecule has 1 amide bonds. The minimum Gasteiger partial charge on any atom is -0.451 e. The standard InChI is InChI=1S/C18H17ClN2O4/c1-10(25-18(24)13-5-8-15(19)16(20)9-13)17(23)12-3-6-14(7-4-12)21-11(2)22/h3-10H,20H2,1-2H3,(H,21,22)/t10-/m0/s1. The zero-order chi connectivity index (χ0) is 18.6. The van der Waals surface area contributed by atoms with E-state index in [1.165, 1.54) is 32.0 Å². The van der Waals surface area contributed by atoms with Gasteiger partial charge in [-0.05, 0) is 49.4 Å². The van der Waals surface area contributed by atoms with Crippen molar-refractivity contribution in [3.05, 3.63) is 58.6 Å². The summed E-state index contributed by atoms with van der Waals surface area (Å²) in [5, 5.41) is 2.94. The number of ether oxygens (including phenoxy) is 1. The van der Waals surface area contributed by atoms with Crippen LogP contribution >= 0.6 is 11.6 Å². The molecule has 0 bridgehead atoms. The second-order valence-electron chi connectivity index (χ2n) is 5.41. The Kier molecular flexibility index (Phi) is 5.77. The van der Waals surface area contributed by atoms with Gasteiger partial charge in [0.25, 0.3) is 0 Å². The number of carbonyl (C=O) groups is 3. The average Bonchev–Trinajstić information content (AvgIpc) is 2.56. The van der Waals surface area contributed by atoms with E-state index in [4.69, 9.17) is 22.1 Å². The molecule has 0 saturated carbocycles. The van der Waals surface area contributed by atoms with Gasteiger partial charge in [-0.15, -0.1) is 0 Å². The van der Waals surface area contributed by atoms with Gasteiger partial charge in [-0.3, -0.25) is 9.59 Å². The molecule has 0 spiro atoms. The monoisotopic (exact) mass is 360 g/mol. The quantitative estimate of drug-likeness (QED) is 0.484. The zero-order valence-electron chi connectivity index (χ0n) is 13.7. The highest BCUT2D eigenvalue weighted by Gasteiger charge is 2.20. The van der Waals surface area contributed by atoms with Crippen LogP contribution in [0.15, 0.2) is 42.5 Å². The molecule has 3 N–H and O–H groups in total. The fourth-order valence-corrected chi connectivity index (χ4v) is 2.23. The van der Waals surface area contributed by atoms with Gasteiger partial charge in [-0.2, -0.15) is 0 Å². The number of nitrogens with one attached hydrogen (secondary N) is 1. The van der Waals surface area contributed by atoms with Crippen LogP contribution < -0.4 is 11.1 Å². The van der Waals surface area contributed by atoms with E-state index in [0.717, 1.165) is 0 Å². The number of esters is 1. The van der Waals surface area contributed by atoms with Gasteiger partial charge in [-0.1, -0.05) is 11.6 Å². The molecule has 0 aromatic heterocycles. The lowest BCUT2D eigenvalue weighted by Gasteiger charge is -2.13. The van der Waals surface area contributed by atoms with Crippen molar-refractivity contribution in [2.75, 3.05) is 11.1 Å². The van der Waals surface area contributed by atoms with E-state index in [1.807, 2.05) is 0 Å². The minimum absolute atomic E-state index is 0.205. The lowest BCUT2D eigenvalue weighted by Crippen LogP contribution is -2.24. The van der Waals surface area contributed by atoms with E-state index in [0.29, 0.717) is 16.3 Å². The number of nitrogen functional groups attached to an aromatic ring is 1. The van der Waals surface area contributed by atoms with Gasteiger partial charge in [0.15, 0.2) is 6.10 Å². The minimum atomic E-state index is -0.976. The van der Waals surface area contributed by atoms with Crippen molar-refractivity contribution in [3.8, 4) is 0 Å². The van der Waals surface area contributed by atoms with Crippen LogP contribution in [0.25, 0.3) is 0 Å². The molecule has 1 atom stereocenters. The molecule has 2 rings (SSSR count). The van der Waals surface area contributed by atoms with Crippen LogP contribution in [-0.4, -0.2) is 23.8 Å². The van der Waals surface area contributed by atoms with Gasteiger partial charge in [-0.25, -0.2) is 4.79 Å². The number of amides is 1. The van der Waals surface area contributed by atoms with Gasteiger partial charge in [0, 0.05) is 18.2 Å². The summed E-state index contributed by atoms with van der Waals surface area (Å²) in [4.78, 5) is 35.5. The highest BCUT2D eigenvalue weighted by atomic mass is 35.5. The third-order valence-corrected chi connectivity index (χ3v) is 3.72. The summed E-state index contributed by atoms with van der Waals surface area (Å²) < 4.78 is 5.19. The lowest BCUT2D eigenvalue weighted by molar-refractivity contribution is -0.114. The van der Waals surface area contributed by atoms with Gasteiger partial charge in [0.1, 0.15) is 0 Å². The van der Waals surface area contributed by atoms with Crippen LogP contribution in [0.4, 0.5) is 11.4 Å². The van der Waals surface area contributed by atoms with E-state index in [2.05, 4.69) is 5.32 Å². The molecule has 0 radical (unpaired) electrons. The first-order valence-corrected chi connectivity index (χ1v) is 7.83. The van der Waals surface area contributed by atoms with Crippen LogP contribution in [0.1, 0.15) is 34.6 Å². The van der Waals surface area contributed by atoms with Crippen LogP contribution in [-0.2, 0) is 9.53 Å². The maximum atomic E-state index is 12.4. The molecule has 0 heterocycles. The summed E-state index contributed by atoms with van der Waals surface area (Å²) in [5.41, 5.74) is 7.06. The van der Waals surface area contributed by atoms with Crippen LogP contribution in [0.3, 0.4) is 0 Å². The topological polar surface area (TPSA) is 98.5 Å². The normalized spacial score (nSPS) is 11.5. The smallest absolute Gasteiger partial charge is 0.338 e. The molecule has 2 aromatic rings. The second kappa shape index (κ2) is 7.81. The molecule has 25 heavy (non-hydrogen) atoms. The number of nitrogens with two attached hydrogens (primary N) is 1. The summed E-state index contributed by atoms with van der Waals surface area (Å²) in [5.74, 6) is -1.23. The van der Waals surface area contributed by atoms with E-state index >= 15 is 0 Å². The van der Waals surface area contributed by atoms with Crippen molar-refractivity contribution in [1.82, 2.24) is 0 Å². The van der Waals surface area contributed by atoms with E-state index in [-0.39, 0.29) is 22.9 Å². The van der Waals surface area contributed by atoms with Crippen LogP contribution in [0.5, 0.6) is 0 Å². The molecular weight excluding hydrogens is 344 g/mol. The Hall–Kier alpha value is -2.86. The van der Waals surface area contributed by atoms with Crippen molar-refractivity contribution in [2.45, 2.75) is 20.0 Å².